The largest absolute Gasteiger partial charge is 0.347 e. The van der Waals surface area contributed by atoms with E-state index in [9.17, 15) is 8.42 Å². The maximum atomic E-state index is 12.6. The van der Waals surface area contributed by atoms with Crippen molar-refractivity contribution < 1.29 is 31.5 Å². The third kappa shape index (κ3) is 2.77. The van der Waals surface area contributed by atoms with Gasteiger partial charge in [-0.2, -0.15) is 8.42 Å². The highest BCUT2D eigenvalue weighted by molar-refractivity contribution is 7.86. The Labute approximate surface area is 140 Å². The van der Waals surface area contributed by atoms with Crippen LogP contribution in [0.4, 0.5) is 0 Å². The molecule has 3 aliphatic rings. The Bertz CT molecular complexity index is 727. The van der Waals surface area contributed by atoms with Gasteiger partial charge in [0.25, 0.3) is 10.1 Å². The minimum atomic E-state index is -3.97. The lowest BCUT2D eigenvalue weighted by Crippen LogP contribution is -2.53. The summed E-state index contributed by atoms with van der Waals surface area (Å²) in [7, 11) is -3.97. The molecule has 8 heteroatoms. The van der Waals surface area contributed by atoms with Crippen LogP contribution in [0, 0.1) is 6.92 Å². The number of rotatable bonds is 3. The van der Waals surface area contributed by atoms with Crippen molar-refractivity contribution >= 4 is 10.1 Å². The van der Waals surface area contributed by atoms with Crippen molar-refractivity contribution in [2.24, 2.45) is 0 Å². The second-order valence-electron chi connectivity index (χ2n) is 6.77. The van der Waals surface area contributed by atoms with E-state index in [0.29, 0.717) is 6.61 Å². The highest BCUT2D eigenvalue weighted by Crippen LogP contribution is 2.42. The lowest BCUT2D eigenvalue weighted by Gasteiger charge is -2.34. The van der Waals surface area contributed by atoms with Crippen molar-refractivity contribution in [2.75, 3.05) is 6.61 Å². The second-order valence-corrected chi connectivity index (χ2v) is 8.34. The molecule has 24 heavy (non-hydrogen) atoms. The van der Waals surface area contributed by atoms with E-state index in [0.717, 1.165) is 5.56 Å². The smallest absolute Gasteiger partial charge is 0.297 e. The van der Waals surface area contributed by atoms with Gasteiger partial charge in [-0.15, -0.1) is 0 Å². The highest BCUT2D eigenvalue weighted by Gasteiger charge is 2.60. The van der Waals surface area contributed by atoms with Crippen LogP contribution < -0.4 is 0 Å². The monoisotopic (exact) mass is 356 g/mol. The topological polar surface area (TPSA) is 80.3 Å². The summed E-state index contributed by atoms with van der Waals surface area (Å²) in [6.45, 7) is 5.78. The standard InChI is InChI=1S/C16H20O7S/c1-9-4-6-10(7-5-9)24(17,18)23-14-13-12(21-16(2,3)22-13)11-8-19-15(14)20-11/h4-7,11-15H,8H2,1-3H3/t11-,12?,13?,14-,15-/m1/s1. The molecule has 1 aromatic carbocycles. The van der Waals surface area contributed by atoms with Crippen LogP contribution >= 0.6 is 0 Å². The molecule has 3 saturated heterocycles. The fraction of sp³-hybridized carbons (Fsp3) is 0.625. The lowest BCUT2D eigenvalue weighted by atomic mass is 10.0. The molecule has 0 aromatic heterocycles. The minimum Gasteiger partial charge on any atom is -0.347 e. The number of benzene rings is 1. The molecule has 0 amide bonds. The minimum absolute atomic E-state index is 0.0861. The normalized spacial score (nSPS) is 37.4. The molecular formula is C16H20O7S. The van der Waals surface area contributed by atoms with Gasteiger partial charge in [0.05, 0.1) is 11.5 Å². The van der Waals surface area contributed by atoms with Crippen LogP contribution in [0.15, 0.2) is 29.2 Å². The zero-order chi connectivity index (χ0) is 17.1. The van der Waals surface area contributed by atoms with Gasteiger partial charge < -0.3 is 18.9 Å². The summed E-state index contributed by atoms with van der Waals surface area (Å²) >= 11 is 0. The highest BCUT2D eigenvalue weighted by atomic mass is 32.2. The molecule has 0 spiro atoms. The average molecular weight is 356 g/mol. The first-order valence-electron chi connectivity index (χ1n) is 7.88. The summed E-state index contributed by atoms with van der Waals surface area (Å²) in [5.41, 5.74) is 0.964. The molecule has 0 aliphatic carbocycles. The molecule has 2 unspecified atom stereocenters. The van der Waals surface area contributed by atoms with Crippen LogP contribution in [-0.4, -0.2) is 51.5 Å². The zero-order valence-electron chi connectivity index (χ0n) is 13.7. The summed E-state index contributed by atoms with van der Waals surface area (Å²) < 4.78 is 53.6. The van der Waals surface area contributed by atoms with Crippen LogP contribution in [-0.2, 0) is 33.2 Å². The summed E-state index contributed by atoms with van der Waals surface area (Å²) in [6, 6.07) is 6.47. The Morgan fingerprint density at radius 3 is 2.50 bits per heavy atom. The first-order valence-corrected chi connectivity index (χ1v) is 9.29. The Hall–Kier alpha value is -1.03. The average Bonchev–Trinajstić information content (AvgIpc) is 3.07. The Balaban J connectivity index is 1.62. The van der Waals surface area contributed by atoms with Gasteiger partial charge in [0.1, 0.15) is 18.3 Å². The maximum Gasteiger partial charge on any atom is 0.297 e. The molecule has 5 atom stereocenters. The molecule has 132 valence electrons. The Kier molecular flexibility index (Phi) is 3.76. The number of ether oxygens (including phenoxy) is 4. The molecule has 3 aliphatic heterocycles. The van der Waals surface area contributed by atoms with E-state index in [1.807, 2.05) is 6.92 Å². The van der Waals surface area contributed by atoms with Crippen LogP contribution in [0.2, 0.25) is 0 Å². The SMILES string of the molecule is Cc1ccc(S(=O)(=O)O[C@@H]2C3OC(C)(C)OC3[C@H]3CO[C@@H]2O3)cc1. The van der Waals surface area contributed by atoms with Gasteiger partial charge in [-0.25, -0.2) is 0 Å². The molecule has 1 aromatic rings. The third-order valence-corrected chi connectivity index (χ3v) is 5.73. The zero-order valence-corrected chi connectivity index (χ0v) is 14.5. The van der Waals surface area contributed by atoms with E-state index in [2.05, 4.69) is 0 Å². The van der Waals surface area contributed by atoms with Crippen molar-refractivity contribution in [3.8, 4) is 0 Å². The first kappa shape index (κ1) is 16.4. The summed E-state index contributed by atoms with van der Waals surface area (Å²) in [5.74, 6) is -0.821. The van der Waals surface area contributed by atoms with Crippen molar-refractivity contribution in [2.45, 2.75) is 62.2 Å². The van der Waals surface area contributed by atoms with E-state index < -0.39 is 40.5 Å². The van der Waals surface area contributed by atoms with Crippen LogP contribution in [0.5, 0.6) is 0 Å². The van der Waals surface area contributed by atoms with Crippen molar-refractivity contribution in [3.63, 3.8) is 0 Å². The fourth-order valence-electron chi connectivity index (χ4n) is 3.31. The molecule has 4 rings (SSSR count). The van der Waals surface area contributed by atoms with Gasteiger partial charge in [-0.1, -0.05) is 17.7 Å². The van der Waals surface area contributed by atoms with Crippen LogP contribution in [0.3, 0.4) is 0 Å². The molecule has 3 heterocycles. The van der Waals surface area contributed by atoms with Gasteiger partial charge in [0, 0.05) is 0 Å². The van der Waals surface area contributed by atoms with E-state index >= 15 is 0 Å². The summed E-state index contributed by atoms with van der Waals surface area (Å²) in [6.07, 6.45) is -2.96. The summed E-state index contributed by atoms with van der Waals surface area (Å²) in [5, 5.41) is 0. The second kappa shape index (κ2) is 5.48. The van der Waals surface area contributed by atoms with Gasteiger partial charge >= 0.3 is 0 Å². The lowest BCUT2D eigenvalue weighted by molar-refractivity contribution is -0.194. The van der Waals surface area contributed by atoms with E-state index in [1.165, 1.54) is 12.1 Å². The molecule has 0 radical (unpaired) electrons. The van der Waals surface area contributed by atoms with Gasteiger partial charge in [0.2, 0.25) is 0 Å². The number of fused-ring (bicyclic) bond motifs is 4. The van der Waals surface area contributed by atoms with E-state index in [1.54, 1.807) is 26.0 Å². The molecule has 3 fully saturated rings. The first-order chi connectivity index (χ1) is 11.3. The van der Waals surface area contributed by atoms with Crippen molar-refractivity contribution in [3.05, 3.63) is 29.8 Å². The van der Waals surface area contributed by atoms with Crippen molar-refractivity contribution in [1.82, 2.24) is 0 Å². The van der Waals surface area contributed by atoms with Gasteiger partial charge in [-0.05, 0) is 32.9 Å². The predicted molar refractivity (Wildman–Crippen MR) is 81.7 cm³/mol. The Morgan fingerprint density at radius 1 is 1.12 bits per heavy atom. The van der Waals surface area contributed by atoms with E-state index in [4.69, 9.17) is 23.1 Å². The quantitative estimate of drug-likeness (QED) is 0.756. The molecule has 2 bridgehead atoms. The summed E-state index contributed by atoms with van der Waals surface area (Å²) in [4.78, 5) is 0.0861. The van der Waals surface area contributed by atoms with Crippen LogP contribution in [0.25, 0.3) is 0 Å². The van der Waals surface area contributed by atoms with Crippen LogP contribution in [0.1, 0.15) is 19.4 Å². The number of hydrogen-bond donors (Lipinski definition) is 0. The van der Waals surface area contributed by atoms with Gasteiger partial charge in [0.15, 0.2) is 18.2 Å². The molecule has 7 nitrogen and oxygen atoms in total. The van der Waals surface area contributed by atoms with Crippen molar-refractivity contribution in [1.29, 1.82) is 0 Å². The molecule has 0 saturated carbocycles. The Morgan fingerprint density at radius 2 is 1.79 bits per heavy atom. The third-order valence-electron chi connectivity index (χ3n) is 4.40. The number of hydrogen-bond acceptors (Lipinski definition) is 7. The predicted octanol–water partition coefficient (Wildman–Crippen LogP) is 1.34. The molecule has 0 N–H and O–H groups in total. The molecular weight excluding hydrogens is 336 g/mol. The number of aryl methyl sites for hydroxylation is 1. The van der Waals surface area contributed by atoms with E-state index in [-0.39, 0.29) is 11.0 Å². The van der Waals surface area contributed by atoms with Gasteiger partial charge in [-0.3, -0.25) is 4.18 Å². The fourth-order valence-corrected chi connectivity index (χ4v) is 4.38. The maximum absolute atomic E-state index is 12.6.